The number of aliphatic hydroxyl groups excluding tert-OH is 3. The van der Waals surface area contributed by atoms with Crippen LogP contribution in [0.1, 0.15) is 117 Å². The molecule has 0 aromatic rings. The lowest BCUT2D eigenvalue weighted by Gasteiger charge is -2.26. The molecule has 0 saturated heterocycles. The summed E-state index contributed by atoms with van der Waals surface area (Å²) in [6.07, 6.45) is 25.6. The van der Waals surface area contributed by atoms with Crippen molar-refractivity contribution in [3.05, 3.63) is 12.2 Å². The van der Waals surface area contributed by atoms with Crippen LogP contribution in [-0.4, -0.2) is 48.4 Å². The number of rotatable bonds is 24. The first kappa shape index (κ1) is 30.6. The van der Waals surface area contributed by atoms with Crippen LogP contribution < -0.4 is 0 Å². The molecule has 0 heterocycles. The van der Waals surface area contributed by atoms with Gasteiger partial charge in [-0.05, 0) is 38.0 Å². The quantitative estimate of drug-likeness (QED) is 0.119. The van der Waals surface area contributed by atoms with Gasteiger partial charge in [0.15, 0.2) is 0 Å². The van der Waals surface area contributed by atoms with Gasteiger partial charge in [-0.15, -0.1) is 0 Å². The number of hydrogen-bond donors (Lipinski definition) is 3. The Hall–Kier alpha value is -0.420. The maximum Gasteiger partial charge on any atom is 0.0629 e. The van der Waals surface area contributed by atoms with Gasteiger partial charge in [-0.25, -0.2) is 0 Å². The predicted molar refractivity (Wildman–Crippen MR) is 132 cm³/mol. The van der Waals surface area contributed by atoms with Gasteiger partial charge < -0.3 is 20.1 Å². The highest BCUT2D eigenvalue weighted by molar-refractivity contribution is 4.81. The van der Waals surface area contributed by atoms with Crippen molar-refractivity contribution in [1.29, 1.82) is 0 Å². The lowest BCUT2D eigenvalue weighted by Crippen LogP contribution is -2.38. The highest BCUT2D eigenvalue weighted by Crippen LogP contribution is 2.18. The predicted octanol–water partition coefficient (Wildman–Crippen LogP) is 6.42. The molecule has 0 aromatic carbocycles. The monoisotopic (exact) mass is 442 g/mol. The molecule has 0 spiro atoms. The summed E-state index contributed by atoms with van der Waals surface area (Å²) in [5, 5.41) is 27.7. The van der Waals surface area contributed by atoms with E-state index in [1.165, 1.54) is 89.9 Å². The molecule has 0 amide bonds. The highest BCUT2D eigenvalue weighted by Gasteiger charge is 2.28. The molecule has 0 atom stereocenters. The van der Waals surface area contributed by atoms with Gasteiger partial charge in [-0.2, -0.15) is 0 Å². The Morgan fingerprint density at radius 2 is 1.10 bits per heavy atom. The number of allylic oxidation sites excluding steroid dienone is 2. The summed E-state index contributed by atoms with van der Waals surface area (Å²) in [6, 6.07) is 0. The number of unbranched alkanes of at least 4 members (excludes halogenated alkanes) is 11. The van der Waals surface area contributed by atoms with Crippen LogP contribution in [0.3, 0.4) is 0 Å². The third-order valence-corrected chi connectivity index (χ3v) is 6.63. The maximum absolute atomic E-state index is 9.24. The van der Waals surface area contributed by atoms with Crippen LogP contribution in [0, 0.1) is 11.3 Å². The Kier molecular flexibility index (Phi) is 22.5. The summed E-state index contributed by atoms with van der Waals surface area (Å²) in [4.78, 5) is 0. The maximum atomic E-state index is 9.24. The van der Waals surface area contributed by atoms with Gasteiger partial charge >= 0.3 is 0 Å². The zero-order valence-electron chi connectivity index (χ0n) is 20.8. The third kappa shape index (κ3) is 17.8. The second-order valence-corrected chi connectivity index (χ2v) is 9.44. The highest BCUT2D eigenvalue weighted by atomic mass is 16.5. The molecule has 0 radical (unpaired) electrons. The topological polar surface area (TPSA) is 69.9 Å². The van der Waals surface area contributed by atoms with E-state index in [1.54, 1.807) is 0 Å². The average Bonchev–Trinajstić information content (AvgIpc) is 2.81. The third-order valence-electron chi connectivity index (χ3n) is 6.63. The molecule has 186 valence electrons. The van der Waals surface area contributed by atoms with Crippen LogP contribution in [0.5, 0.6) is 0 Å². The summed E-state index contributed by atoms with van der Waals surface area (Å²) in [5.41, 5.74) is -0.903. The molecule has 31 heavy (non-hydrogen) atoms. The zero-order chi connectivity index (χ0) is 23.0. The van der Waals surface area contributed by atoms with Gasteiger partial charge in [0.25, 0.3) is 0 Å². The number of ether oxygens (including phenoxy) is 1. The minimum atomic E-state index is -0.903. The fourth-order valence-corrected chi connectivity index (χ4v) is 3.91. The van der Waals surface area contributed by atoms with Crippen molar-refractivity contribution in [2.75, 3.05) is 33.0 Å². The fourth-order valence-electron chi connectivity index (χ4n) is 3.91. The normalized spacial score (nSPS) is 12.5. The summed E-state index contributed by atoms with van der Waals surface area (Å²) >= 11 is 0. The molecule has 0 aliphatic heterocycles. The minimum Gasteiger partial charge on any atom is -0.396 e. The van der Waals surface area contributed by atoms with E-state index in [2.05, 4.69) is 26.0 Å². The zero-order valence-corrected chi connectivity index (χ0v) is 20.8. The van der Waals surface area contributed by atoms with Gasteiger partial charge in [0, 0.05) is 6.61 Å². The van der Waals surface area contributed by atoms with E-state index in [9.17, 15) is 15.3 Å². The SMILES string of the molecule is CCC(CC)CCCCCCC/C=C\CCCCCCCCOCC(CO)(CO)CO. The summed E-state index contributed by atoms with van der Waals surface area (Å²) < 4.78 is 5.52. The Balaban J connectivity index is 3.31. The van der Waals surface area contributed by atoms with Gasteiger partial charge in [0.2, 0.25) is 0 Å². The molecule has 0 aliphatic carbocycles. The van der Waals surface area contributed by atoms with Crippen molar-refractivity contribution in [1.82, 2.24) is 0 Å². The molecule has 0 fully saturated rings. The fraction of sp³-hybridized carbons (Fsp3) is 0.926. The Bertz CT molecular complexity index is 367. The molecule has 0 bridgehead atoms. The Morgan fingerprint density at radius 1 is 0.645 bits per heavy atom. The molecular weight excluding hydrogens is 388 g/mol. The molecule has 0 aromatic heterocycles. The van der Waals surface area contributed by atoms with Crippen LogP contribution in [0.2, 0.25) is 0 Å². The largest absolute Gasteiger partial charge is 0.396 e. The number of hydrogen-bond acceptors (Lipinski definition) is 4. The average molecular weight is 443 g/mol. The van der Waals surface area contributed by atoms with E-state index < -0.39 is 5.41 Å². The number of aliphatic hydroxyl groups is 3. The van der Waals surface area contributed by atoms with Crippen LogP contribution in [0.15, 0.2) is 12.2 Å². The van der Waals surface area contributed by atoms with Crippen molar-refractivity contribution < 1.29 is 20.1 Å². The van der Waals surface area contributed by atoms with Crippen LogP contribution in [-0.2, 0) is 4.74 Å². The second kappa shape index (κ2) is 22.8. The summed E-state index contributed by atoms with van der Waals surface area (Å²) in [6.45, 7) is 4.71. The van der Waals surface area contributed by atoms with Crippen LogP contribution in [0.25, 0.3) is 0 Å². The van der Waals surface area contributed by atoms with E-state index in [4.69, 9.17) is 4.74 Å². The van der Waals surface area contributed by atoms with Crippen LogP contribution in [0.4, 0.5) is 0 Å². The van der Waals surface area contributed by atoms with Gasteiger partial charge in [-0.3, -0.25) is 0 Å². The van der Waals surface area contributed by atoms with Gasteiger partial charge in [-0.1, -0.05) is 96.6 Å². The molecule has 4 nitrogen and oxygen atoms in total. The Labute approximate surface area is 193 Å². The van der Waals surface area contributed by atoms with E-state index >= 15 is 0 Å². The Morgan fingerprint density at radius 3 is 1.58 bits per heavy atom. The standard InChI is InChI=1S/C27H54O4/c1-3-26(4-2)20-18-16-14-12-10-8-6-5-7-9-11-13-15-17-19-21-31-25-27(22-28,23-29)24-30/h5-6,26,28-30H,3-4,7-25H2,1-2H3/b6-5-. The second-order valence-electron chi connectivity index (χ2n) is 9.44. The first-order chi connectivity index (χ1) is 15.2. The van der Waals surface area contributed by atoms with Crippen molar-refractivity contribution in [3.63, 3.8) is 0 Å². The van der Waals surface area contributed by atoms with Crippen molar-refractivity contribution in [3.8, 4) is 0 Å². The van der Waals surface area contributed by atoms with Crippen molar-refractivity contribution in [2.45, 2.75) is 117 Å². The van der Waals surface area contributed by atoms with Gasteiger partial charge in [0.05, 0.1) is 31.8 Å². The van der Waals surface area contributed by atoms with E-state index in [1.807, 2.05) is 0 Å². The molecular formula is C27H54O4. The lowest BCUT2D eigenvalue weighted by atomic mass is 9.93. The van der Waals surface area contributed by atoms with E-state index in [-0.39, 0.29) is 26.4 Å². The molecule has 0 unspecified atom stereocenters. The smallest absolute Gasteiger partial charge is 0.0629 e. The van der Waals surface area contributed by atoms with Crippen LogP contribution >= 0.6 is 0 Å². The first-order valence-electron chi connectivity index (χ1n) is 13.2. The first-order valence-corrected chi connectivity index (χ1v) is 13.2. The summed E-state index contributed by atoms with van der Waals surface area (Å²) in [7, 11) is 0. The molecule has 4 heteroatoms. The lowest BCUT2D eigenvalue weighted by molar-refractivity contribution is -0.0582. The van der Waals surface area contributed by atoms with Gasteiger partial charge in [0.1, 0.15) is 0 Å². The summed E-state index contributed by atoms with van der Waals surface area (Å²) in [5.74, 6) is 0.958. The minimum absolute atomic E-state index is 0.209. The molecule has 0 rings (SSSR count). The molecule has 3 N–H and O–H groups in total. The molecule has 0 aliphatic rings. The van der Waals surface area contributed by atoms with E-state index in [0.717, 1.165) is 18.8 Å². The van der Waals surface area contributed by atoms with Crippen molar-refractivity contribution in [2.24, 2.45) is 11.3 Å². The van der Waals surface area contributed by atoms with Crippen molar-refractivity contribution >= 4 is 0 Å². The van der Waals surface area contributed by atoms with E-state index in [0.29, 0.717) is 6.61 Å². The molecule has 0 saturated carbocycles.